The van der Waals surface area contributed by atoms with Gasteiger partial charge in [0.05, 0.1) is 25.1 Å². The summed E-state index contributed by atoms with van der Waals surface area (Å²) in [5, 5.41) is 8.54. The van der Waals surface area contributed by atoms with E-state index >= 15 is 0 Å². The second kappa shape index (κ2) is 8.20. The molecule has 0 atom stereocenters. The lowest BCUT2D eigenvalue weighted by molar-refractivity contribution is -0.136. The summed E-state index contributed by atoms with van der Waals surface area (Å²) in [5.41, 5.74) is 1.11. The van der Waals surface area contributed by atoms with E-state index in [2.05, 4.69) is 31.0 Å². The molecule has 2 aliphatic heterocycles. The molecule has 2 saturated heterocycles. The van der Waals surface area contributed by atoms with Crippen LogP contribution in [-0.4, -0.2) is 73.5 Å². The molecule has 7 heteroatoms. The van der Waals surface area contributed by atoms with E-state index in [0.717, 1.165) is 76.8 Å². The molecule has 1 saturated carbocycles. The lowest BCUT2D eigenvalue weighted by atomic mass is 9.88. The number of morpholine rings is 1. The van der Waals surface area contributed by atoms with E-state index in [0.29, 0.717) is 5.91 Å². The van der Waals surface area contributed by atoms with Crippen molar-refractivity contribution >= 4 is 17.4 Å². The Kier molecular flexibility index (Phi) is 5.53. The highest BCUT2D eigenvalue weighted by molar-refractivity contribution is 5.79. The Morgan fingerprint density at radius 2 is 1.69 bits per heavy atom. The number of piperazine rings is 1. The smallest absolute Gasteiger partial charge is 0.225 e. The van der Waals surface area contributed by atoms with Crippen LogP contribution in [0.4, 0.5) is 11.5 Å². The molecule has 1 aliphatic carbocycles. The summed E-state index contributed by atoms with van der Waals surface area (Å²) in [4.78, 5) is 19.3. The molecule has 4 rings (SSSR count). The standard InChI is InChI=1S/C19H29N5O2/c25-19(16-4-2-1-3-5-16)24-8-6-23(7-9-24)18-14-17(15-20-21-18)22-10-12-26-13-11-22/h14-16H,1-13H2. The van der Waals surface area contributed by atoms with Crippen molar-refractivity contribution in [1.29, 1.82) is 0 Å². The molecular weight excluding hydrogens is 330 g/mol. The number of carbonyl (C=O) groups is 1. The topological polar surface area (TPSA) is 61.8 Å². The van der Waals surface area contributed by atoms with E-state index in [1.54, 1.807) is 0 Å². The van der Waals surface area contributed by atoms with Gasteiger partial charge in [-0.2, -0.15) is 5.10 Å². The molecule has 7 nitrogen and oxygen atoms in total. The van der Waals surface area contributed by atoms with Gasteiger partial charge in [-0.1, -0.05) is 19.3 Å². The number of hydrogen-bond donors (Lipinski definition) is 0. The maximum atomic E-state index is 12.7. The van der Waals surface area contributed by atoms with E-state index in [1.807, 2.05) is 6.20 Å². The van der Waals surface area contributed by atoms with Gasteiger partial charge in [-0.3, -0.25) is 4.79 Å². The third-order valence-electron chi connectivity index (χ3n) is 5.87. The Balaban J connectivity index is 1.35. The normalized spacial score (nSPS) is 22.5. The lowest BCUT2D eigenvalue weighted by Gasteiger charge is -2.37. The second-order valence-corrected chi connectivity index (χ2v) is 7.52. The van der Waals surface area contributed by atoms with Crippen molar-refractivity contribution in [2.24, 2.45) is 5.92 Å². The summed E-state index contributed by atoms with van der Waals surface area (Å²) in [6.45, 7) is 6.57. The highest BCUT2D eigenvalue weighted by Gasteiger charge is 2.29. The Labute approximate surface area is 155 Å². The van der Waals surface area contributed by atoms with Crippen LogP contribution in [0.25, 0.3) is 0 Å². The van der Waals surface area contributed by atoms with Gasteiger partial charge in [-0.05, 0) is 12.8 Å². The molecule has 1 amide bonds. The Morgan fingerprint density at radius 1 is 0.962 bits per heavy atom. The predicted octanol–water partition coefficient (Wildman–Crippen LogP) is 1.54. The number of rotatable bonds is 3. The van der Waals surface area contributed by atoms with E-state index < -0.39 is 0 Å². The first kappa shape index (κ1) is 17.5. The molecule has 1 aromatic heterocycles. The van der Waals surface area contributed by atoms with Crippen LogP contribution in [0.15, 0.2) is 12.3 Å². The second-order valence-electron chi connectivity index (χ2n) is 7.52. The predicted molar refractivity (Wildman–Crippen MR) is 100 cm³/mol. The number of ether oxygens (including phenoxy) is 1. The van der Waals surface area contributed by atoms with E-state index in [9.17, 15) is 4.79 Å². The fourth-order valence-corrected chi connectivity index (χ4v) is 4.26. The summed E-state index contributed by atoms with van der Waals surface area (Å²) in [5.74, 6) is 1.55. The molecular formula is C19H29N5O2. The van der Waals surface area contributed by atoms with Crippen LogP contribution < -0.4 is 9.80 Å². The van der Waals surface area contributed by atoms with Gasteiger partial charge < -0.3 is 19.4 Å². The molecule has 3 heterocycles. The first-order chi connectivity index (χ1) is 12.8. The van der Waals surface area contributed by atoms with Crippen LogP contribution in [0.3, 0.4) is 0 Å². The third-order valence-corrected chi connectivity index (χ3v) is 5.87. The quantitative estimate of drug-likeness (QED) is 0.816. The Bertz CT molecular complexity index is 606. The highest BCUT2D eigenvalue weighted by Crippen LogP contribution is 2.26. The summed E-state index contributed by atoms with van der Waals surface area (Å²) in [7, 11) is 0. The SMILES string of the molecule is O=C(C1CCCCC1)N1CCN(c2cc(N3CCOCC3)cnn2)CC1. The van der Waals surface area contributed by atoms with Crippen molar-refractivity contribution in [3.05, 3.63) is 12.3 Å². The molecule has 0 unspecified atom stereocenters. The zero-order valence-corrected chi connectivity index (χ0v) is 15.5. The van der Waals surface area contributed by atoms with Crippen molar-refractivity contribution in [2.45, 2.75) is 32.1 Å². The van der Waals surface area contributed by atoms with Gasteiger partial charge >= 0.3 is 0 Å². The van der Waals surface area contributed by atoms with Crippen molar-refractivity contribution in [3.8, 4) is 0 Å². The number of hydrogen-bond acceptors (Lipinski definition) is 6. The molecule has 26 heavy (non-hydrogen) atoms. The van der Waals surface area contributed by atoms with Gasteiger partial charge in [0, 0.05) is 51.3 Å². The van der Waals surface area contributed by atoms with E-state index in [4.69, 9.17) is 4.74 Å². The number of anilines is 2. The fourth-order valence-electron chi connectivity index (χ4n) is 4.26. The van der Waals surface area contributed by atoms with Gasteiger partial charge in [-0.15, -0.1) is 5.10 Å². The zero-order valence-electron chi connectivity index (χ0n) is 15.5. The van der Waals surface area contributed by atoms with Crippen LogP contribution in [0.5, 0.6) is 0 Å². The van der Waals surface area contributed by atoms with Crippen molar-refractivity contribution < 1.29 is 9.53 Å². The summed E-state index contributed by atoms with van der Waals surface area (Å²) < 4.78 is 5.43. The molecule has 0 radical (unpaired) electrons. The molecule has 0 spiro atoms. The Hall–Kier alpha value is -1.89. The zero-order chi connectivity index (χ0) is 17.8. The molecule has 1 aromatic rings. The van der Waals surface area contributed by atoms with Crippen molar-refractivity contribution in [1.82, 2.24) is 15.1 Å². The highest BCUT2D eigenvalue weighted by atomic mass is 16.5. The summed E-state index contributed by atoms with van der Waals surface area (Å²) in [6, 6.07) is 2.12. The lowest BCUT2D eigenvalue weighted by Crippen LogP contribution is -2.51. The van der Waals surface area contributed by atoms with Crippen LogP contribution in [-0.2, 0) is 9.53 Å². The van der Waals surface area contributed by atoms with Crippen molar-refractivity contribution in [3.63, 3.8) is 0 Å². The number of aromatic nitrogens is 2. The maximum absolute atomic E-state index is 12.7. The third kappa shape index (κ3) is 3.92. The van der Waals surface area contributed by atoms with E-state index in [-0.39, 0.29) is 5.92 Å². The van der Waals surface area contributed by atoms with Crippen molar-refractivity contribution in [2.75, 3.05) is 62.3 Å². The van der Waals surface area contributed by atoms with Crippen LogP contribution in [0.2, 0.25) is 0 Å². The first-order valence-corrected chi connectivity index (χ1v) is 10.0. The molecule has 0 N–H and O–H groups in total. The molecule has 3 fully saturated rings. The minimum absolute atomic E-state index is 0.264. The molecule has 0 aromatic carbocycles. The summed E-state index contributed by atoms with van der Waals surface area (Å²) in [6.07, 6.45) is 7.69. The van der Waals surface area contributed by atoms with Gasteiger partial charge in [-0.25, -0.2) is 0 Å². The largest absolute Gasteiger partial charge is 0.378 e. The van der Waals surface area contributed by atoms with Gasteiger partial charge in [0.25, 0.3) is 0 Å². The van der Waals surface area contributed by atoms with Crippen LogP contribution in [0.1, 0.15) is 32.1 Å². The first-order valence-electron chi connectivity index (χ1n) is 10.0. The summed E-state index contributed by atoms with van der Waals surface area (Å²) >= 11 is 0. The number of carbonyl (C=O) groups excluding carboxylic acids is 1. The maximum Gasteiger partial charge on any atom is 0.225 e. The average molecular weight is 359 g/mol. The average Bonchev–Trinajstić information content (AvgIpc) is 2.75. The minimum atomic E-state index is 0.264. The van der Waals surface area contributed by atoms with Crippen LogP contribution >= 0.6 is 0 Å². The van der Waals surface area contributed by atoms with Gasteiger partial charge in [0.2, 0.25) is 5.91 Å². The monoisotopic (exact) mass is 359 g/mol. The Morgan fingerprint density at radius 3 is 2.42 bits per heavy atom. The number of amides is 1. The van der Waals surface area contributed by atoms with Crippen LogP contribution in [0, 0.1) is 5.92 Å². The van der Waals surface area contributed by atoms with E-state index in [1.165, 1.54) is 19.3 Å². The molecule has 142 valence electrons. The molecule has 3 aliphatic rings. The van der Waals surface area contributed by atoms with Gasteiger partial charge in [0.15, 0.2) is 5.82 Å². The minimum Gasteiger partial charge on any atom is -0.378 e. The molecule has 0 bridgehead atoms. The number of nitrogens with zero attached hydrogens (tertiary/aromatic N) is 5. The van der Waals surface area contributed by atoms with Gasteiger partial charge in [0.1, 0.15) is 0 Å². The fraction of sp³-hybridized carbons (Fsp3) is 0.737.